The third kappa shape index (κ3) is 12.3. The summed E-state index contributed by atoms with van der Waals surface area (Å²) in [6, 6.07) is 23.8. The molecule has 45 heavy (non-hydrogen) atoms. The number of aromatic nitrogens is 1. The van der Waals surface area contributed by atoms with E-state index in [-0.39, 0.29) is 0 Å². The molecule has 0 fully saturated rings. The first-order valence-electron chi connectivity index (χ1n) is 15.0. The molecule has 0 spiro atoms. The molecule has 9 nitrogen and oxygen atoms in total. The second-order valence-electron chi connectivity index (χ2n) is 10.0. The van der Waals surface area contributed by atoms with Crippen molar-refractivity contribution in [3.63, 3.8) is 0 Å². The normalized spacial score (nSPS) is 11.0. The fourth-order valence-corrected chi connectivity index (χ4v) is 5.54. The van der Waals surface area contributed by atoms with Crippen molar-refractivity contribution in [2.24, 2.45) is 0 Å². The van der Waals surface area contributed by atoms with Crippen LogP contribution in [0.1, 0.15) is 26.7 Å². The molecule has 0 radical (unpaired) electrons. The molecule has 1 heterocycles. The Morgan fingerprint density at radius 2 is 1.09 bits per heavy atom. The van der Waals surface area contributed by atoms with E-state index in [0.29, 0.717) is 65.9 Å². The summed E-state index contributed by atoms with van der Waals surface area (Å²) in [6.07, 6.45) is 1.44. The summed E-state index contributed by atoms with van der Waals surface area (Å²) in [4.78, 5) is 6.16. The Kier molecular flexibility index (Phi) is 14.9. The van der Waals surface area contributed by atoms with E-state index in [4.69, 9.17) is 42.9 Å². The third-order valence-corrected chi connectivity index (χ3v) is 7.70. The first-order chi connectivity index (χ1) is 22.2. The molecule has 0 amide bonds. The van der Waals surface area contributed by atoms with Crippen molar-refractivity contribution in [1.29, 1.82) is 0 Å². The number of hydrogen-bond acceptors (Lipinski definition) is 10. The molecule has 0 atom stereocenters. The van der Waals surface area contributed by atoms with Gasteiger partial charge in [-0.3, -0.25) is 0 Å². The molecule has 0 bridgehead atoms. The van der Waals surface area contributed by atoms with Crippen molar-refractivity contribution < 1.29 is 37.9 Å². The van der Waals surface area contributed by atoms with Gasteiger partial charge in [0.05, 0.1) is 57.5 Å². The lowest BCUT2D eigenvalue weighted by Gasteiger charge is -2.09. The third-order valence-electron chi connectivity index (χ3n) is 6.60. The number of ether oxygens (including phenoxy) is 8. The highest BCUT2D eigenvalue weighted by Crippen LogP contribution is 2.27. The zero-order valence-electron chi connectivity index (χ0n) is 26.3. The fraction of sp³-hybridized carbons (Fsp3) is 0.400. The maximum Gasteiger partial charge on any atom is 0.123 e. The molecule has 0 saturated heterocycles. The second kappa shape index (κ2) is 19.7. The first kappa shape index (κ1) is 34.2. The SMILES string of the molecule is COCCOc1cccc(Cc2nc(COCCOCCOc3cccc(OC)c3)c(Cc3cccc(OCCOC)c3)s2)c1. The van der Waals surface area contributed by atoms with Gasteiger partial charge < -0.3 is 37.9 Å². The van der Waals surface area contributed by atoms with Crippen LogP contribution in [0, 0.1) is 0 Å². The van der Waals surface area contributed by atoms with Crippen molar-refractivity contribution in [3.8, 4) is 23.0 Å². The van der Waals surface area contributed by atoms with Crippen LogP contribution in [-0.4, -0.2) is 79.2 Å². The van der Waals surface area contributed by atoms with Crippen LogP contribution in [0.3, 0.4) is 0 Å². The first-order valence-corrected chi connectivity index (χ1v) is 15.8. The summed E-state index contributed by atoms with van der Waals surface area (Å²) in [5.74, 6) is 3.16. The van der Waals surface area contributed by atoms with Crippen LogP contribution < -0.4 is 18.9 Å². The van der Waals surface area contributed by atoms with E-state index in [1.807, 2.05) is 48.5 Å². The van der Waals surface area contributed by atoms with E-state index in [9.17, 15) is 0 Å². The Balaban J connectivity index is 1.32. The standard InChI is InChI=1S/C35H43NO8S/c1-37-13-18-42-30-10-4-7-27(21-30)23-34-33(26-41-16-15-40-17-20-44-32-12-6-9-29(25-32)39-3)36-35(45-34)24-28-8-5-11-31(22-28)43-19-14-38-2/h4-12,21-22,25H,13-20,23-24,26H2,1-3H3. The summed E-state index contributed by atoms with van der Waals surface area (Å²) in [5, 5.41) is 1.02. The molecular weight excluding hydrogens is 594 g/mol. The molecule has 3 aromatic carbocycles. The number of rotatable bonds is 22. The summed E-state index contributed by atoms with van der Waals surface area (Å²) in [7, 11) is 4.97. The van der Waals surface area contributed by atoms with Crippen molar-refractivity contribution in [2.45, 2.75) is 19.4 Å². The molecule has 0 aliphatic rings. The molecule has 0 aliphatic carbocycles. The molecule has 4 rings (SSSR count). The minimum Gasteiger partial charge on any atom is -0.497 e. The largest absolute Gasteiger partial charge is 0.497 e. The van der Waals surface area contributed by atoms with E-state index in [1.54, 1.807) is 32.7 Å². The lowest BCUT2D eigenvalue weighted by molar-refractivity contribution is 0.0294. The summed E-state index contributed by atoms with van der Waals surface area (Å²) in [6.45, 7) is 4.33. The minimum absolute atomic E-state index is 0.402. The molecule has 242 valence electrons. The van der Waals surface area contributed by atoms with Crippen LogP contribution in [0.15, 0.2) is 72.8 Å². The Morgan fingerprint density at radius 3 is 1.73 bits per heavy atom. The number of hydrogen-bond donors (Lipinski definition) is 0. The Labute approximate surface area is 269 Å². The van der Waals surface area contributed by atoms with Crippen LogP contribution in [-0.2, 0) is 38.4 Å². The molecule has 0 N–H and O–H groups in total. The number of benzene rings is 3. The Morgan fingerprint density at radius 1 is 0.556 bits per heavy atom. The molecular formula is C35H43NO8S. The quantitative estimate of drug-likeness (QED) is 0.0964. The molecule has 4 aromatic rings. The van der Waals surface area contributed by atoms with Gasteiger partial charge in [0.25, 0.3) is 0 Å². The van der Waals surface area contributed by atoms with Gasteiger partial charge in [0.2, 0.25) is 0 Å². The van der Waals surface area contributed by atoms with Gasteiger partial charge in [-0.25, -0.2) is 4.98 Å². The van der Waals surface area contributed by atoms with Crippen LogP contribution >= 0.6 is 11.3 Å². The van der Waals surface area contributed by atoms with Crippen molar-refractivity contribution in [2.75, 3.05) is 74.2 Å². The van der Waals surface area contributed by atoms with E-state index in [2.05, 4.69) is 24.3 Å². The van der Waals surface area contributed by atoms with Crippen molar-refractivity contribution in [3.05, 3.63) is 99.5 Å². The van der Waals surface area contributed by atoms with Gasteiger partial charge in [-0.15, -0.1) is 11.3 Å². The second-order valence-corrected chi connectivity index (χ2v) is 11.2. The van der Waals surface area contributed by atoms with Crippen LogP contribution in [0.2, 0.25) is 0 Å². The topological polar surface area (TPSA) is 86.7 Å². The zero-order valence-corrected chi connectivity index (χ0v) is 27.1. The fourth-order valence-electron chi connectivity index (χ4n) is 4.40. The van der Waals surface area contributed by atoms with Gasteiger partial charge >= 0.3 is 0 Å². The molecule has 1 aromatic heterocycles. The van der Waals surface area contributed by atoms with Crippen molar-refractivity contribution >= 4 is 11.3 Å². The smallest absolute Gasteiger partial charge is 0.123 e. The van der Waals surface area contributed by atoms with Crippen LogP contribution in [0.4, 0.5) is 0 Å². The summed E-state index contributed by atoms with van der Waals surface area (Å²) in [5.41, 5.74) is 3.22. The highest BCUT2D eigenvalue weighted by Gasteiger charge is 2.14. The number of nitrogens with zero attached hydrogens (tertiary/aromatic N) is 1. The lowest BCUT2D eigenvalue weighted by atomic mass is 10.1. The van der Waals surface area contributed by atoms with E-state index >= 15 is 0 Å². The van der Waals surface area contributed by atoms with Gasteiger partial charge in [-0.1, -0.05) is 30.3 Å². The van der Waals surface area contributed by atoms with Crippen LogP contribution in [0.5, 0.6) is 23.0 Å². The average molecular weight is 638 g/mol. The Bertz CT molecular complexity index is 1410. The number of thiazole rings is 1. The van der Waals surface area contributed by atoms with Gasteiger partial charge in [-0.2, -0.15) is 0 Å². The summed E-state index contributed by atoms with van der Waals surface area (Å²) < 4.78 is 44.5. The highest BCUT2D eigenvalue weighted by atomic mass is 32.1. The maximum atomic E-state index is 6.01. The predicted molar refractivity (Wildman–Crippen MR) is 174 cm³/mol. The molecule has 10 heteroatoms. The maximum absolute atomic E-state index is 6.01. The monoisotopic (exact) mass is 637 g/mol. The summed E-state index contributed by atoms with van der Waals surface area (Å²) >= 11 is 1.71. The Hall–Kier alpha value is -3.67. The highest BCUT2D eigenvalue weighted by molar-refractivity contribution is 7.11. The molecule has 0 unspecified atom stereocenters. The van der Waals surface area contributed by atoms with Gasteiger partial charge in [-0.05, 0) is 47.5 Å². The van der Waals surface area contributed by atoms with Gasteiger partial charge in [0.15, 0.2) is 0 Å². The van der Waals surface area contributed by atoms with Gasteiger partial charge in [0, 0.05) is 38.0 Å². The van der Waals surface area contributed by atoms with E-state index in [0.717, 1.165) is 51.2 Å². The minimum atomic E-state index is 0.402. The van der Waals surface area contributed by atoms with Crippen molar-refractivity contribution in [1.82, 2.24) is 4.98 Å². The lowest BCUT2D eigenvalue weighted by Crippen LogP contribution is -2.11. The van der Waals surface area contributed by atoms with Crippen LogP contribution in [0.25, 0.3) is 0 Å². The molecule has 0 saturated carbocycles. The van der Waals surface area contributed by atoms with Gasteiger partial charge in [0.1, 0.15) is 42.8 Å². The number of methoxy groups -OCH3 is 3. The predicted octanol–water partition coefficient (Wildman–Crippen LogP) is 6.00. The molecule has 0 aliphatic heterocycles. The average Bonchev–Trinajstić information content (AvgIpc) is 3.43. The van der Waals surface area contributed by atoms with E-state index in [1.165, 1.54) is 4.88 Å². The van der Waals surface area contributed by atoms with E-state index < -0.39 is 0 Å². The zero-order chi connectivity index (χ0) is 31.5.